The van der Waals surface area contributed by atoms with Crippen molar-refractivity contribution in [2.45, 2.75) is 0 Å². The predicted molar refractivity (Wildman–Crippen MR) is 19.9 cm³/mol. The van der Waals surface area contributed by atoms with Gasteiger partial charge in [0.1, 0.15) is 5.97 Å². The van der Waals surface area contributed by atoms with Crippen LogP contribution in [0.2, 0.25) is 0 Å². The molecule has 0 bridgehead atoms. The number of aliphatic carboxylic acids is 1. The van der Waals surface area contributed by atoms with E-state index in [4.69, 9.17) is 15.3 Å². The van der Waals surface area contributed by atoms with Crippen LogP contribution < -0.4 is 5.11 Å². The number of aliphatic hydroxyl groups excluding tert-OH is 2. The van der Waals surface area contributed by atoms with Gasteiger partial charge in [-0.15, -0.1) is 0 Å². The van der Waals surface area contributed by atoms with E-state index in [-0.39, 0.29) is 26.2 Å². The van der Waals surface area contributed by atoms with Crippen LogP contribution in [0.15, 0.2) is 11.7 Å². The van der Waals surface area contributed by atoms with Gasteiger partial charge in [-0.1, -0.05) is 0 Å². The summed E-state index contributed by atoms with van der Waals surface area (Å²) in [5.74, 6) is -5.24. The van der Waals surface area contributed by atoms with E-state index in [1.54, 1.807) is 0 Å². The van der Waals surface area contributed by atoms with Crippen LogP contribution in [0.5, 0.6) is 0 Å². The summed E-state index contributed by atoms with van der Waals surface area (Å²) in [6.45, 7) is 0. The summed E-state index contributed by atoms with van der Waals surface area (Å²) in [6.07, 6.45) is 0. The second-order valence-electron chi connectivity index (χ2n) is 0.960. The van der Waals surface area contributed by atoms with E-state index in [1.807, 2.05) is 0 Å². The summed E-state index contributed by atoms with van der Waals surface area (Å²) in [5, 5.41) is 32.8. The Bertz CT molecular complexity index is 135. The molecular formula is C3H3O5Zr. The maximum absolute atomic E-state index is 9.40. The largest absolute Gasteiger partial charge is 1.00 e. The number of carboxylic acid groups (broad SMARTS) is 1. The molecule has 0 aromatic carbocycles. The molecule has 9 heavy (non-hydrogen) atoms. The molecule has 0 saturated carbocycles. The van der Waals surface area contributed by atoms with Crippen LogP contribution in [-0.4, -0.2) is 21.3 Å². The maximum Gasteiger partial charge on any atom is 1.00 e. The van der Waals surface area contributed by atoms with Crippen LogP contribution >= 0.6 is 0 Å². The summed E-state index contributed by atoms with van der Waals surface area (Å²) in [6, 6.07) is 0. The third-order valence-corrected chi connectivity index (χ3v) is 0.405. The molecule has 0 amide bonds. The van der Waals surface area contributed by atoms with Crippen molar-refractivity contribution in [3.8, 4) is 0 Å². The minimum Gasteiger partial charge on any atom is -0.541 e. The fraction of sp³-hybridized carbons (Fsp3) is 0. The van der Waals surface area contributed by atoms with Gasteiger partial charge in [0.2, 0.25) is 5.76 Å². The smallest absolute Gasteiger partial charge is 0.541 e. The minimum atomic E-state index is -2.02. The van der Waals surface area contributed by atoms with Crippen LogP contribution in [0.3, 0.4) is 0 Å². The number of hydrogen-bond donors (Lipinski definition) is 3. The monoisotopic (exact) mass is 209 g/mol. The summed E-state index contributed by atoms with van der Waals surface area (Å²) in [5.41, 5.74) is 0. The van der Waals surface area contributed by atoms with Gasteiger partial charge in [0.15, 0.2) is 0 Å². The molecule has 5 nitrogen and oxygen atoms in total. The van der Waals surface area contributed by atoms with E-state index in [9.17, 15) is 9.90 Å². The van der Waals surface area contributed by atoms with E-state index in [0.29, 0.717) is 0 Å². The van der Waals surface area contributed by atoms with E-state index in [1.165, 1.54) is 0 Å². The molecule has 49 valence electrons. The average Bonchev–Trinajstić information content (AvgIpc) is 1.64. The van der Waals surface area contributed by atoms with Crippen molar-refractivity contribution in [2.24, 2.45) is 0 Å². The molecule has 0 aromatic rings. The van der Waals surface area contributed by atoms with E-state index >= 15 is 0 Å². The Hall–Kier alpha value is -0.507. The first-order valence-corrected chi connectivity index (χ1v) is 1.58. The first kappa shape index (κ1) is 11.3. The van der Waals surface area contributed by atoms with Crippen LogP contribution in [-0.2, 0) is 31.0 Å². The molecule has 0 fully saturated rings. The van der Waals surface area contributed by atoms with Crippen molar-refractivity contribution in [1.29, 1.82) is 0 Å². The van der Waals surface area contributed by atoms with Gasteiger partial charge in [0.05, 0.1) is 0 Å². The van der Waals surface area contributed by atoms with E-state index in [0.717, 1.165) is 0 Å². The predicted octanol–water partition coefficient (Wildman–Crippen LogP) is -1.42. The second kappa shape index (κ2) is 4.38. The minimum absolute atomic E-state index is 0. The summed E-state index contributed by atoms with van der Waals surface area (Å²) in [4.78, 5) is 9.40. The fourth-order valence-electron chi connectivity index (χ4n) is 0.0913. The number of rotatable bonds is 1. The number of carboxylic acids is 1. The van der Waals surface area contributed by atoms with E-state index < -0.39 is 17.7 Å². The zero-order valence-electron chi connectivity index (χ0n) is 4.16. The second-order valence-corrected chi connectivity index (χ2v) is 0.960. The van der Waals surface area contributed by atoms with Gasteiger partial charge in [-0.3, -0.25) is 0 Å². The van der Waals surface area contributed by atoms with Gasteiger partial charge < -0.3 is 25.2 Å². The Balaban J connectivity index is 0. The van der Waals surface area contributed by atoms with E-state index in [2.05, 4.69) is 0 Å². The zero-order chi connectivity index (χ0) is 6.73. The number of aliphatic hydroxyl groups is 3. The SMILES string of the molecule is O=C([O-])C(O)=C(O)O.[Zr+]. The summed E-state index contributed by atoms with van der Waals surface area (Å²) >= 11 is 0. The van der Waals surface area contributed by atoms with Crippen molar-refractivity contribution >= 4 is 5.97 Å². The first-order valence-electron chi connectivity index (χ1n) is 1.58. The summed E-state index contributed by atoms with van der Waals surface area (Å²) < 4.78 is 0. The van der Waals surface area contributed by atoms with Crippen LogP contribution in [0, 0.1) is 0 Å². The zero-order valence-corrected chi connectivity index (χ0v) is 6.62. The molecule has 0 saturated heterocycles. The molecule has 3 N–H and O–H groups in total. The molecule has 0 unspecified atom stereocenters. The van der Waals surface area contributed by atoms with Crippen molar-refractivity contribution < 1.29 is 51.4 Å². The molecule has 0 aromatic heterocycles. The Morgan fingerprint density at radius 3 is 1.56 bits per heavy atom. The van der Waals surface area contributed by atoms with Crippen molar-refractivity contribution in [2.75, 3.05) is 0 Å². The fourth-order valence-corrected chi connectivity index (χ4v) is 0.0913. The quantitative estimate of drug-likeness (QED) is 0.364. The molecule has 0 aliphatic rings. The van der Waals surface area contributed by atoms with Gasteiger partial charge in [-0.25, -0.2) is 0 Å². The van der Waals surface area contributed by atoms with Gasteiger partial charge in [0.25, 0.3) is 0 Å². The third-order valence-electron chi connectivity index (χ3n) is 0.405. The topological polar surface area (TPSA) is 101 Å². The molecule has 0 aliphatic carbocycles. The number of hydrogen-bond acceptors (Lipinski definition) is 5. The van der Waals surface area contributed by atoms with Crippen LogP contribution in [0.25, 0.3) is 0 Å². The Morgan fingerprint density at radius 2 is 1.56 bits per heavy atom. The molecule has 0 rings (SSSR count). The van der Waals surface area contributed by atoms with Gasteiger partial charge in [-0.05, 0) is 0 Å². The number of carbonyl (C=O) groups excluding carboxylic acids is 1. The average molecular weight is 210 g/mol. The van der Waals surface area contributed by atoms with Gasteiger partial charge in [0, 0.05) is 0 Å². The van der Waals surface area contributed by atoms with Crippen molar-refractivity contribution in [3.05, 3.63) is 11.7 Å². The molecule has 1 radical (unpaired) electrons. The van der Waals surface area contributed by atoms with Crippen molar-refractivity contribution in [3.63, 3.8) is 0 Å². The molecule has 0 atom stereocenters. The van der Waals surface area contributed by atoms with Gasteiger partial charge >= 0.3 is 32.1 Å². The standard InChI is InChI=1S/C3H4O5.Zr/c4-1(2(5)6)3(7)8;/h4-6H,(H,7,8);/q;+1/p-1. The molecule has 0 heterocycles. The first-order chi connectivity index (χ1) is 3.55. The Morgan fingerprint density at radius 1 is 1.22 bits per heavy atom. The Kier molecular flexibility index (Phi) is 5.50. The number of carbonyl (C=O) groups is 1. The maximum atomic E-state index is 9.40. The third kappa shape index (κ3) is 4.03. The Labute approximate surface area is 69.4 Å². The van der Waals surface area contributed by atoms with Crippen LogP contribution in [0.1, 0.15) is 0 Å². The normalized spacial score (nSPS) is 7.11. The van der Waals surface area contributed by atoms with Crippen molar-refractivity contribution in [1.82, 2.24) is 0 Å². The van der Waals surface area contributed by atoms with Crippen LogP contribution in [0.4, 0.5) is 0 Å². The molecule has 0 aliphatic heterocycles. The summed E-state index contributed by atoms with van der Waals surface area (Å²) in [7, 11) is 0. The molecule has 0 spiro atoms. The molecular weight excluding hydrogens is 207 g/mol. The molecule has 6 heteroatoms. The van der Waals surface area contributed by atoms with Gasteiger partial charge in [-0.2, -0.15) is 0 Å².